The Bertz CT molecular complexity index is 252. The number of hydrogen-bond donors (Lipinski definition) is 2. The lowest BCUT2D eigenvalue weighted by atomic mass is 9.86. The van der Waals surface area contributed by atoms with Crippen molar-refractivity contribution in [2.24, 2.45) is 11.3 Å². The highest BCUT2D eigenvalue weighted by atomic mass is 16.3. The highest BCUT2D eigenvalue weighted by Gasteiger charge is 2.22. The van der Waals surface area contributed by atoms with Crippen LogP contribution in [0.15, 0.2) is 0 Å². The van der Waals surface area contributed by atoms with E-state index in [1.165, 1.54) is 32.1 Å². The lowest BCUT2D eigenvalue weighted by Gasteiger charge is -2.26. The summed E-state index contributed by atoms with van der Waals surface area (Å²) in [7, 11) is 0. The normalized spacial score (nSPS) is 19.6. The summed E-state index contributed by atoms with van der Waals surface area (Å²) in [5.74, 6) is 0.745. The topological polar surface area (TPSA) is 49.3 Å². The molecule has 0 aromatic heterocycles. The number of hydrogen-bond acceptors (Lipinski definition) is 2. The van der Waals surface area contributed by atoms with Crippen LogP contribution in [0.3, 0.4) is 0 Å². The molecule has 0 aromatic rings. The molecule has 1 atom stereocenters. The fraction of sp³-hybridized carbons (Fsp3) is 0.933. The molecule has 18 heavy (non-hydrogen) atoms. The molecule has 1 fully saturated rings. The second-order valence-corrected chi connectivity index (χ2v) is 6.73. The molecule has 1 rings (SSSR count). The van der Waals surface area contributed by atoms with Crippen molar-refractivity contribution in [1.82, 2.24) is 5.32 Å². The van der Waals surface area contributed by atoms with Crippen molar-refractivity contribution in [2.75, 3.05) is 6.54 Å². The molecule has 0 bridgehead atoms. The second-order valence-electron chi connectivity index (χ2n) is 6.73. The van der Waals surface area contributed by atoms with Gasteiger partial charge in [-0.25, -0.2) is 0 Å². The lowest BCUT2D eigenvalue weighted by molar-refractivity contribution is -0.122. The van der Waals surface area contributed by atoms with Gasteiger partial charge in [-0.1, -0.05) is 40.0 Å². The number of carbonyl (C=O) groups excluding carboxylic acids is 1. The van der Waals surface area contributed by atoms with Gasteiger partial charge in [-0.2, -0.15) is 0 Å². The van der Waals surface area contributed by atoms with Gasteiger partial charge in [-0.3, -0.25) is 4.79 Å². The van der Waals surface area contributed by atoms with Gasteiger partial charge in [-0.15, -0.1) is 0 Å². The fourth-order valence-electron chi connectivity index (χ4n) is 2.51. The maximum atomic E-state index is 11.7. The largest absolute Gasteiger partial charge is 0.393 e. The number of aliphatic hydroxyl groups is 1. The molecule has 1 aliphatic rings. The summed E-state index contributed by atoms with van der Waals surface area (Å²) < 4.78 is 0. The highest BCUT2D eigenvalue weighted by Crippen LogP contribution is 2.26. The van der Waals surface area contributed by atoms with Crippen molar-refractivity contribution in [3.8, 4) is 0 Å². The van der Waals surface area contributed by atoms with Crippen molar-refractivity contribution in [3.63, 3.8) is 0 Å². The van der Waals surface area contributed by atoms with Gasteiger partial charge in [0.1, 0.15) is 0 Å². The van der Waals surface area contributed by atoms with E-state index in [0.29, 0.717) is 25.3 Å². The molecule has 0 saturated heterocycles. The van der Waals surface area contributed by atoms with E-state index in [9.17, 15) is 9.90 Å². The molecule has 2 N–H and O–H groups in total. The first-order chi connectivity index (χ1) is 8.39. The fourth-order valence-corrected chi connectivity index (χ4v) is 2.51. The molecular weight excluding hydrogens is 226 g/mol. The first kappa shape index (κ1) is 15.5. The Morgan fingerprint density at radius 2 is 1.89 bits per heavy atom. The summed E-state index contributed by atoms with van der Waals surface area (Å²) in [5, 5.41) is 12.8. The van der Waals surface area contributed by atoms with Crippen molar-refractivity contribution >= 4 is 5.91 Å². The van der Waals surface area contributed by atoms with E-state index in [2.05, 4.69) is 5.32 Å². The van der Waals surface area contributed by atoms with E-state index in [1.54, 1.807) is 0 Å². The molecule has 1 amide bonds. The quantitative estimate of drug-likeness (QED) is 0.793. The van der Waals surface area contributed by atoms with E-state index < -0.39 is 0 Å². The molecule has 106 valence electrons. The Labute approximate surface area is 111 Å². The zero-order valence-electron chi connectivity index (χ0n) is 12.2. The van der Waals surface area contributed by atoms with Gasteiger partial charge < -0.3 is 10.4 Å². The smallest absolute Gasteiger partial charge is 0.220 e. The Morgan fingerprint density at radius 3 is 2.44 bits per heavy atom. The van der Waals surface area contributed by atoms with E-state index in [-0.39, 0.29) is 17.4 Å². The number of amides is 1. The molecular formula is C15H29NO2. The monoisotopic (exact) mass is 255 g/mol. The molecule has 0 radical (unpaired) electrons. The average molecular weight is 255 g/mol. The molecule has 0 spiro atoms. The predicted octanol–water partition coefficient (Wildman–Crippen LogP) is 2.87. The second kappa shape index (κ2) is 7.13. The molecule has 3 heteroatoms. The van der Waals surface area contributed by atoms with Crippen LogP contribution in [0.4, 0.5) is 0 Å². The van der Waals surface area contributed by atoms with Gasteiger partial charge in [0.2, 0.25) is 5.91 Å². The molecule has 1 saturated carbocycles. The van der Waals surface area contributed by atoms with Gasteiger partial charge in [0.15, 0.2) is 0 Å². The zero-order valence-corrected chi connectivity index (χ0v) is 12.2. The van der Waals surface area contributed by atoms with Crippen molar-refractivity contribution in [3.05, 3.63) is 0 Å². The standard InChI is InChI=1S/C15H29NO2/c1-15(2,3)13(17)9-10-16-14(18)11-12-7-5-4-6-8-12/h12-13,17H,4-11H2,1-3H3,(H,16,18). The lowest BCUT2D eigenvalue weighted by Crippen LogP contribution is -2.33. The predicted molar refractivity (Wildman–Crippen MR) is 74.3 cm³/mol. The molecule has 3 nitrogen and oxygen atoms in total. The number of carbonyl (C=O) groups is 1. The van der Waals surface area contributed by atoms with Crippen molar-refractivity contribution in [1.29, 1.82) is 0 Å². The Hall–Kier alpha value is -0.570. The Morgan fingerprint density at radius 1 is 1.28 bits per heavy atom. The average Bonchev–Trinajstić information content (AvgIpc) is 2.28. The molecule has 1 aliphatic carbocycles. The van der Waals surface area contributed by atoms with E-state index in [1.807, 2.05) is 20.8 Å². The summed E-state index contributed by atoms with van der Waals surface area (Å²) in [6.07, 6.45) is 7.26. The highest BCUT2D eigenvalue weighted by molar-refractivity contribution is 5.76. The molecule has 1 unspecified atom stereocenters. The number of nitrogens with one attached hydrogen (secondary N) is 1. The van der Waals surface area contributed by atoms with Crippen molar-refractivity contribution < 1.29 is 9.90 Å². The minimum atomic E-state index is -0.354. The van der Waals surface area contributed by atoms with Crippen LogP contribution < -0.4 is 5.32 Å². The zero-order chi connectivity index (χ0) is 13.6. The number of aliphatic hydroxyl groups excluding tert-OH is 1. The Balaban J connectivity index is 2.13. The van der Waals surface area contributed by atoms with Crippen LogP contribution in [-0.4, -0.2) is 23.7 Å². The molecule has 0 aliphatic heterocycles. The van der Waals surface area contributed by atoms with Gasteiger partial charge in [0, 0.05) is 13.0 Å². The minimum absolute atomic E-state index is 0.103. The third-order valence-electron chi connectivity index (χ3n) is 3.94. The first-order valence-electron chi connectivity index (χ1n) is 7.34. The molecule has 0 heterocycles. The summed E-state index contributed by atoms with van der Waals surface area (Å²) in [4.78, 5) is 11.7. The summed E-state index contributed by atoms with van der Waals surface area (Å²) in [5.41, 5.74) is -0.103. The summed E-state index contributed by atoms with van der Waals surface area (Å²) in [6.45, 7) is 6.63. The molecule has 0 aromatic carbocycles. The van der Waals surface area contributed by atoms with Crippen molar-refractivity contribution in [2.45, 2.75) is 71.8 Å². The van der Waals surface area contributed by atoms with Gasteiger partial charge in [-0.05, 0) is 30.6 Å². The van der Waals surface area contributed by atoms with Crippen LogP contribution in [-0.2, 0) is 4.79 Å². The maximum absolute atomic E-state index is 11.7. The van der Waals surface area contributed by atoms with Crippen LogP contribution in [0, 0.1) is 11.3 Å². The van der Waals surface area contributed by atoms with Crippen LogP contribution in [0.2, 0.25) is 0 Å². The van der Waals surface area contributed by atoms with Crippen LogP contribution in [0.1, 0.15) is 65.7 Å². The summed E-state index contributed by atoms with van der Waals surface area (Å²) in [6, 6.07) is 0. The van der Waals surface area contributed by atoms with Gasteiger partial charge >= 0.3 is 0 Å². The van der Waals surface area contributed by atoms with E-state index in [4.69, 9.17) is 0 Å². The van der Waals surface area contributed by atoms with Gasteiger partial charge in [0.25, 0.3) is 0 Å². The third kappa shape index (κ3) is 5.85. The Kier molecular flexibility index (Phi) is 6.13. The minimum Gasteiger partial charge on any atom is -0.393 e. The van der Waals surface area contributed by atoms with E-state index >= 15 is 0 Å². The van der Waals surface area contributed by atoms with E-state index in [0.717, 1.165) is 0 Å². The number of rotatable bonds is 5. The third-order valence-corrected chi connectivity index (χ3v) is 3.94. The maximum Gasteiger partial charge on any atom is 0.220 e. The van der Waals surface area contributed by atoms with Crippen LogP contribution in [0.5, 0.6) is 0 Å². The first-order valence-corrected chi connectivity index (χ1v) is 7.34. The van der Waals surface area contributed by atoms with Gasteiger partial charge in [0.05, 0.1) is 6.10 Å². The summed E-state index contributed by atoms with van der Waals surface area (Å²) >= 11 is 0. The SMILES string of the molecule is CC(C)(C)C(O)CCNC(=O)CC1CCCCC1. The van der Waals surface area contributed by atoms with Crippen LogP contribution >= 0.6 is 0 Å². The van der Waals surface area contributed by atoms with Crippen LogP contribution in [0.25, 0.3) is 0 Å².